The van der Waals surface area contributed by atoms with E-state index in [9.17, 15) is 9.59 Å². The van der Waals surface area contributed by atoms with Gasteiger partial charge in [-0.15, -0.1) is 0 Å². The van der Waals surface area contributed by atoms with E-state index in [1.807, 2.05) is 0 Å². The Morgan fingerprint density at radius 3 is 2.10 bits per heavy atom. The van der Waals surface area contributed by atoms with E-state index < -0.39 is 17.9 Å². The second-order valence-electron chi connectivity index (χ2n) is 1.62. The summed E-state index contributed by atoms with van der Waals surface area (Å²) in [4.78, 5) is 19.9. The Morgan fingerprint density at radius 2 is 2.00 bits per heavy atom. The molecular weight excluding hydrogens is 148 g/mol. The number of aliphatic carboxylic acids is 1. The molecule has 0 rings (SSSR count). The van der Waals surface area contributed by atoms with E-state index >= 15 is 0 Å². The maximum atomic E-state index is 9.99. The fourth-order valence-corrected chi connectivity index (χ4v) is 0.304. The first-order valence-corrected chi connectivity index (χ1v) is 2.30. The van der Waals surface area contributed by atoms with Crippen molar-refractivity contribution >= 4 is 34.9 Å². The number of carbonyl (C=O) groups excluding carboxylic acids is 1. The van der Waals surface area contributed by atoms with Crippen LogP contribution in [0.5, 0.6) is 0 Å². The summed E-state index contributed by atoms with van der Waals surface area (Å²) in [6.45, 7) is 0. The number of carboxylic acid groups (broad SMARTS) is 1. The molecule has 0 saturated heterocycles. The van der Waals surface area contributed by atoms with Gasteiger partial charge in [-0.3, -0.25) is 9.59 Å². The first-order chi connectivity index (χ1) is 4.04. The Kier molecular flexibility index (Phi) is 6.73. The van der Waals surface area contributed by atoms with Crippen LogP contribution >= 0.6 is 0 Å². The molecule has 0 saturated carbocycles. The molecule has 0 radical (unpaired) electrons. The van der Waals surface area contributed by atoms with Crippen LogP contribution in [0.1, 0.15) is 9.27 Å². The van der Waals surface area contributed by atoms with Gasteiger partial charge in [-0.2, -0.15) is 0 Å². The number of carbonyl (C=O) groups is 2. The summed E-state index contributed by atoms with van der Waals surface area (Å²) in [6.07, 6.45) is -0.310. The summed E-state index contributed by atoms with van der Waals surface area (Å²) in [6, 6.07) is -1.16. The Balaban J connectivity index is -0.000000107. The van der Waals surface area contributed by atoms with Crippen molar-refractivity contribution in [3.8, 4) is 0 Å². The monoisotopic (exact) mass is 158 g/mol. The molecule has 6 heteroatoms. The van der Waals surface area contributed by atoms with Crippen molar-refractivity contribution in [2.75, 3.05) is 0 Å². The van der Waals surface area contributed by atoms with E-state index in [1.165, 1.54) is 0 Å². The van der Waals surface area contributed by atoms with Crippen molar-refractivity contribution < 1.29 is 17.5 Å². The normalized spacial score (nSPS) is 11.3. The summed E-state index contributed by atoms with van der Waals surface area (Å²) in [5, 5.41) is 8.10. The molecular formula is C4H10MgN2O3. The van der Waals surface area contributed by atoms with Gasteiger partial charge in [-0.1, -0.05) is 0 Å². The van der Waals surface area contributed by atoms with Gasteiger partial charge in [-0.05, 0) is 0 Å². The number of carboxylic acids is 1. The molecule has 0 heterocycles. The first-order valence-electron chi connectivity index (χ1n) is 2.30. The fourth-order valence-electron chi connectivity index (χ4n) is 0.304. The van der Waals surface area contributed by atoms with Gasteiger partial charge in [0.25, 0.3) is 0 Å². The molecule has 0 fully saturated rings. The maximum absolute atomic E-state index is 9.99. The number of hydrogen-bond acceptors (Lipinski definition) is 3. The van der Waals surface area contributed by atoms with Crippen LogP contribution in [0, 0.1) is 0 Å². The van der Waals surface area contributed by atoms with Gasteiger partial charge < -0.3 is 19.4 Å². The predicted molar refractivity (Wildman–Crippen MR) is 37.4 cm³/mol. The van der Waals surface area contributed by atoms with Crippen LogP contribution in [0.3, 0.4) is 0 Å². The third-order valence-electron chi connectivity index (χ3n) is 0.738. The molecule has 0 aliphatic carbocycles. The molecule has 1 unspecified atom stereocenters. The number of nitrogens with two attached hydrogens (primary N) is 2. The van der Waals surface area contributed by atoms with Gasteiger partial charge in [0, 0.05) is 0 Å². The van der Waals surface area contributed by atoms with Gasteiger partial charge in [0.05, 0.1) is 6.42 Å². The molecule has 56 valence electrons. The third-order valence-corrected chi connectivity index (χ3v) is 0.738. The topological polar surface area (TPSA) is 106 Å². The molecule has 1 atom stereocenters. The van der Waals surface area contributed by atoms with Gasteiger partial charge in [0.15, 0.2) is 0 Å². The summed E-state index contributed by atoms with van der Waals surface area (Å²) >= 11 is 0. The largest absolute Gasteiger partial charge is 2.00 e. The second-order valence-corrected chi connectivity index (χ2v) is 1.62. The maximum Gasteiger partial charge on any atom is 2.00 e. The van der Waals surface area contributed by atoms with Crippen molar-refractivity contribution in [2.45, 2.75) is 12.5 Å². The van der Waals surface area contributed by atoms with E-state index in [2.05, 4.69) is 5.73 Å². The minimum atomic E-state index is -1.21. The summed E-state index contributed by atoms with van der Waals surface area (Å²) in [5.74, 6) is -1.92. The van der Waals surface area contributed by atoms with Crippen molar-refractivity contribution in [1.29, 1.82) is 0 Å². The molecule has 0 aromatic heterocycles. The Hall–Kier alpha value is -0.334. The number of rotatable bonds is 3. The molecule has 0 bridgehead atoms. The first kappa shape index (κ1) is 12.4. The van der Waals surface area contributed by atoms with Crippen molar-refractivity contribution in [2.24, 2.45) is 11.5 Å². The van der Waals surface area contributed by atoms with Crippen LogP contribution in [0.4, 0.5) is 0 Å². The van der Waals surface area contributed by atoms with Crippen LogP contribution in [0.15, 0.2) is 0 Å². The molecule has 0 aromatic rings. The summed E-state index contributed by atoms with van der Waals surface area (Å²) in [7, 11) is 0. The molecule has 5 nitrogen and oxygen atoms in total. The van der Waals surface area contributed by atoms with Crippen LogP contribution in [-0.2, 0) is 9.59 Å². The van der Waals surface area contributed by atoms with Gasteiger partial charge in [0.2, 0.25) is 5.91 Å². The zero-order chi connectivity index (χ0) is 7.44. The van der Waals surface area contributed by atoms with E-state index in [-0.39, 0.29) is 32.3 Å². The Labute approximate surface area is 76.9 Å². The summed E-state index contributed by atoms with van der Waals surface area (Å²) in [5.41, 5.74) is 9.57. The average Bonchev–Trinajstić information content (AvgIpc) is 1.63. The molecule has 0 spiro atoms. The predicted octanol–water partition coefficient (Wildman–Crippen LogP) is -1.88. The van der Waals surface area contributed by atoms with E-state index in [4.69, 9.17) is 10.8 Å². The van der Waals surface area contributed by atoms with Gasteiger partial charge in [0.1, 0.15) is 6.04 Å². The summed E-state index contributed by atoms with van der Waals surface area (Å²) < 4.78 is 0. The quantitative estimate of drug-likeness (QED) is 0.418. The van der Waals surface area contributed by atoms with Crippen LogP contribution in [0.2, 0.25) is 0 Å². The number of amides is 1. The van der Waals surface area contributed by atoms with Gasteiger partial charge >= 0.3 is 29.0 Å². The minimum absolute atomic E-state index is 0. The van der Waals surface area contributed by atoms with Crippen molar-refractivity contribution in [3.63, 3.8) is 0 Å². The zero-order valence-electron chi connectivity index (χ0n) is 7.41. The Bertz CT molecular complexity index is 146. The zero-order valence-corrected chi connectivity index (χ0v) is 6.82. The average molecular weight is 158 g/mol. The molecule has 0 aliphatic rings. The number of hydrogen-bond donors (Lipinski definition) is 3. The van der Waals surface area contributed by atoms with E-state index in [0.717, 1.165) is 0 Å². The van der Waals surface area contributed by atoms with Crippen molar-refractivity contribution in [3.05, 3.63) is 0 Å². The van der Waals surface area contributed by atoms with Crippen LogP contribution in [-0.4, -0.2) is 46.1 Å². The second kappa shape index (κ2) is 5.45. The molecule has 10 heavy (non-hydrogen) atoms. The molecule has 0 aromatic carbocycles. The molecule has 1 amide bonds. The van der Waals surface area contributed by atoms with E-state index in [0.29, 0.717) is 0 Å². The van der Waals surface area contributed by atoms with E-state index in [1.54, 1.807) is 0 Å². The van der Waals surface area contributed by atoms with Crippen LogP contribution < -0.4 is 11.5 Å². The molecule has 0 aliphatic heterocycles. The SMILES string of the molecule is NC(=O)CC(N)C(=O)O.[H-].[H-].[Mg+2]. The van der Waals surface area contributed by atoms with Gasteiger partial charge in [-0.25, -0.2) is 0 Å². The van der Waals surface area contributed by atoms with Crippen molar-refractivity contribution in [1.82, 2.24) is 0 Å². The fraction of sp³-hybridized carbons (Fsp3) is 0.500. The smallest absolute Gasteiger partial charge is 1.00 e. The minimum Gasteiger partial charge on any atom is -1.00 e. The molecule has 5 N–H and O–H groups in total. The third kappa shape index (κ3) is 5.80. The van der Waals surface area contributed by atoms with Crippen LogP contribution in [0.25, 0.3) is 0 Å². The standard InChI is InChI=1S/C4H8N2O3.Mg.2H/c5-2(4(8)9)1-3(6)7;;;/h2H,1,5H2,(H2,6,7)(H,8,9);;;/q;+2;2*-1. The number of primary amides is 1. The Morgan fingerprint density at radius 1 is 1.60 bits per heavy atom.